The largest absolute Gasteiger partial charge is 0.493 e. The zero-order valence-electron chi connectivity index (χ0n) is 17.7. The maximum atomic E-state index is 13.5. The Hall–Kier alpha value is -4.04. The summed E-state index contributed by atoms with van der Waals surface area (Å²) in [4.78, 5) is 24.3. The number of rotatable bonds is 4. The Morgan fingerprint density at radius 2 is 2.00 bits per heavy atom. The quantitative estimate of drug-likeness (QED) is 0.413. The normalized spacial score (nSPS) is 14.9. The van der Waals surface area contributed by atoms with Crippen LogP contribution >= 0.6 is 15.9 Å². The summed E-state index contributed by atoms with van der Waals surface area (Å²) in [5.41, 5.74) is 6.60. The van der Waals surface area contributed by atoms with Crippen LogP contribution in [-0.4, -0.2) is 23.7 Å². The molecule has 2 aromatic carbocycles. The highest BCUT2D eigenvalue weighted by Crippen LogP contribution is 2.47. The fraction of sp³-hybridized carbons (Fsp3) is 0.182. The van der Waals surface area contributed by atoms with E-state index in [4.69, 9.17) is 19.9 Å². The number of methoxy groups -OCH3 is 2. The molecule has 3 aromatic rings. The second-order valence-electron chi connectivity index (χ2n) is 7.23. The molecule has 0 fully saturated rings. The van der Waals surface area contributed by atoms with Crippen molar-refractivity contribution in [1.82, 2.24) is 4.57 Å². The van der Waals surface area contributed by atoms with E-state index < -0.39 is 16.4 Å². The molecule has 1 aliphatic heterocycles. The first-order valence-corrected chi connectivity index (χ1v) is 10.3. The van der Waals surface area contributed by atoms with E-state index in [1.54, 1.807) is 19.2 Å². The molecule has 0 spiro atoms. The van der Waals surface area contributed by atoms with Crippen LogP contribution in [0.2, 0.25) is 0 Å². The van der Waals surface area contributed by atoms with E-state index in [-0.39, 0.29) is 28.5 Å². The van der Waals surface area contributed by atoms with Gasteiger partial charge in [0.05, 0.1) is 40.6 Å². The fourth-order valence-electron chi connectivity index (χ4n) is 4.02. The van der Waals surface area contributed by atoms with Crippen LogP contribution in [0.5, 0.6) is 17.2 Å². The Labute approximate surface area is 195 Å². The summed E-state index contributed by atoms with van der Waals surface area (Å²) < 4.78 is 18.4. The molecule has 0 amide bonds. The lowest BCUT2D eigenvalue weighted by Gasteiger charge is -2.28. The lowest BCUT2D eigenvalue weighted by molar-refractivity contribution is -0.384. The minimum absolute atomic E-state index is 0.0310. The molecule has 4 rings (SSSR count). The number of nitro groups is 1. The zero-order valence-corrected chi connectivity index (χ0v) is 19.3. The standard InChI is InChI=1S/C22H17BrN4O6/c1-26-15-5-4-11(27(29)30)8-12(15)19-18(22(26)28)17(13(9-24)21(25)33-19)10-6-14(23)20(32-3)16(7-10)31-2/h4-8,17H,25H2,1-3H3/t17-/m0/s1. The van der Waals surface area contributed by atoms with Crippen molar-refractivity contribution in [2.24, 2.45) is 12.8 Å². The number of nitro benzene ring substituents is 1. The number of aromatic nitrogens is 1. The van der Waals surface area contributed by atoms with Gasteiger partial charge in [-0.05, 0) is 39.7 Å². The van der Waals surface area contributed by atoms with Crippen LogP contribution in [0.15, 0.2) is 51.1 Å². The third-order valence-corrected chi connectivity index (χ3v) is 6.13. The summed E-state index contributed by atoms with van der Waals surface area (Å²) in [7, 11) is 4.50. The van der Waals surface area contributed by atoms with Gasteiger partial charge in [-0.25, -0.2) is 0 Å². The van der Waals surface area contributed by atoms with Crippen molar-refractivity contribution in [2.45, 2.75) is 5.92 Å². The zero-order chi connectivity index (χ0) is 24.0. The van der Waals surface area contributed by atoms with Crippen molar-refractivity contribution in [1.29, 1.82) is 5.26 Å². The number of ether oxygens (including phenoxy) is 3. The summed E-state index contributed by atoms with van der Waals surface area (Å²) in [6.45, 7) is 0. The maximum absolute atomic E-state index is 13.5. The van der Waals surface area contributed by atoms with Gasteiger partial charge < -0.3 is 24.5 Å². The molecule has 1 atom stereocenters. The number of nitrogens with zero attached hydrogens (tertiary/aromatic N) is 3. The predicted molar refractivity (Wildman–Crippen MR) is 122 cm³/mol. The van der Waals surface area contributed by atoms with E-state index in [1.807, 2.05) is 6.07 Å². The van der Waals surface area contributed by atoms with E-state index in [0.29, 0.717) is 32.4 Å². The van der Waals surface area contributed by atoms with Gasteiger partial charge in [0.25, 0.3) is 11.2 Å². The van der Waals surface area contributed by atoms with Gasteiger partial charge >= 0.3 is 0 Å². The number of nitriles is 1. The molecule has 0 bridgehead atoms. The molecule has 0 aliphatic carbocycles. The van der Waals surface area contributed by atoms with Crippen LogP contribution in [-0.2, 0) is 7.05 Å². The molecule has 1 aromatic heterocycles. The van der Waals surface area contributed by atoms with Crippen molar-refractivity contribution in [3.63, 3.8) is 0 Å². The molecule has 2 heterocycles. The number of aryl methyl sites for hydroxylation is 1. The first kappa shape index (κ1) is 22.2. The molecule has 1 aliphatic rings. The van der Waals surface area contributed by atoms with Gasteiger partial charge in [0, 0.05) is 24.6 Å². The molecular weight excluding hydrogens is 496 g/mol. The minimum atomic E-state index is -0.905. The number of pyridine rings is 1. The number of hydrogen-bond acceptors (Lipinski definition) is 8. The monoisotopic (exact) mass is 512 g/mol. The Bertz CT molecular complexity index is 1470. The molecule has 11 heteroatoms. The van der Waals surface area contributed by atoms with Crippen molar-refractivity contribution in [2.75, 3.05) is 14.2 Å². The highest BCUT2D eigenvalue weighted by atomic mass is 79.9. The molecule has 0 unspecified atom stereocenters. The van der Waals surface area contributed by atoms with Crippen LogP contribution < -0.4 is 25.5 Å². The molecule has 10 nitrogen and oxygen atoms in total. The van der Waals surface area contributed by atoms with Crippen molar-refractivity contribution < 1.29 is 19.1 Å². The smallest absolute Gasteiger partial charge is 0.270 e. The summed E-state index contributed by atoms with van der Waals surface area (Å²) in [6, 6.07) is 9.48. The third kappa shape index (κ3) is 3.35. The Balaban J connectivity index is 2.12. The molecule has 168 valence electrons. The van der Waals surface area contributed by atoms with E-state index in [0.717, 1.165) is 0 Å². The first-order chi connectivity index (χ1) is 15.7. The summed E-state index contributed by atoms with van der Waals surface area (Å²) >= 11 is 3.44. The van der Waals surface area contributed by atoms with Crippen LogP contribution in [0.25, 0.3) is 10.9 Å². The molecular formula is C22H17BrN4O6. The number of benzene rings is 2. The van der Waals surface area contributed by atoms with Gasteiger partial charge in [-0.3, -0.25) is 14.9 Å². The molecule has 33 heavy (non-hydrogen) atoms. The first-order valence-electron chi connectivity index (χ1n) is 9.53. The summed E-state index contributed by atoms with van der Waals surface area (Å²) in [6.07, 6.45) is 0. The average molecular weight is 513 g/mol. The van der Waals surface area contributed by atoms with E-state index in [2.05, 4.69) is 15.9 Å². The lowest BCUT2D eigenvalue weighted by Crippen LogP contribution is -2.31. The van der Waals surface area contributed by atoms with Crippen molar-refractivity contribution in [3.05, 3.63) is 77.9 Å². The Morgan fingerprint density at radius 1 is 1.27 bits per heavy atom. The number of hydrogen-bond donors (Lipinski definition) is 1. The summed E-state index contributed by atoms with van der Waals surface area (Å²) in [5, 5.41) is 21.6. The Morgan fingerprint density at radius 3 is 2.61 bits per heavy atom. The molecule has 2 N–H and O–H groups in total. The van der Waals surface area contributed by atoms with Gasteiger partial charge in [-0.15, -0.1) is 0 Å². The van der Waals surface area contributed by atoms with Crippen molar-refractivity contribution in [3.8, 4) is 23.3 Å². The van der Waals surface area contributed by atoms with Gasteiger partial charge in [0.15, 0.2) is 11.5 Å². The van der Waals surface area contributed by atoms with Crippen LogP contribution in [0.1, 0.15) is 17.0 Å². The SMILES string of the molecule is COc1cc([C@H]2C(C#N)=C(N)Oc3c2c(=O)n(C)c2ccc([N+](=O)[O-])cc32)cc(Br)c1OC. The molecule has 0 saturated heterocycles. The lowest BCUT2D eigenvalue weighted by atomic mass is 9.83. The fourth-order valence-corrected chi connectivity index (χ4v) is 4.64. The number of halogens is 1. The van der Waals surface area contributed by atoms with Gasteiger partial charge in [0.1, 0.15) is 17.4 Å². The average Bonchev–Trinajstić information content (AvgIpc) is 2.80. The minimum Gasteiger partial charge on any atom is -0.493 e. The van der Waals surface area contributed by atoms with E-state index in [1.165, 1.54) is 37.0 Å². The number of fused-ring (bicyclic) bond motifs is 3. The summed E-state index contributed by atoms with van der Waals surface area (Å²) in [5.74, 6) is -0.214. The second kappa shape index (κ2) is 8.14. The second-order valence-corrected chi connectivity index (χ2v) is 8.08. The van der Waals surface area contributed by atoms with E-state index >= 15 is 0 Å². The highest BCUT2D eigenvalue weighted by Gasteiger charge is 2.36. The molecule has 0 saturated carbocycles. The topological polar surface area (TPSA) is 143 Å². The third-order valence-electron chi connectivity index (χ3n) is 5.54. The Kier molecular flexibility index (Phi) is 5.47. The number of nitrogens with two attached hydrogens (primary N) is 1. The maximum Gasteiger partial charge on any atom is 0.270 e. The van der Waals surface area contributed by atoms with Crippen molar-refractivity contribution >= 4 is 32.5 Å². The van der Waals surface area contributed by atoms with Crippen LogP contribution in [0.3, 0.4) is 0 Å². The highest BCUT2D eigenvalue weighted by molar-refractivity contribution is 9.10. The number of non-ortho nitro benzene ring substituents is 1. The van der Waals surface area contributed by atoms with Gasteiger partial charge in [-0.1, -0.05) is 0 Å². The predicted octanol–water partition coefficient (Wildman–Crippen LogP) is 3.44. The van der Waals surface area contributed by atoms with E-state index in [9.17, 15) is 20.2 Å². The number of allylic oxidation sites excluding steroid dienone is 1. The van der Waals surface area contributed by atoms with Gasteiger partial charge in [0.2, 0.25) is 5.88 Å². The van der Waals surface area contributed by atoms with Crippen LogP contribution in [0.4, 0.5) is 5.69 Å². The molecule has 0 radical (unpaired) electrons. The van der Waals surface area contributed by atoms with Gasteiger partial charge in [-0.2, -0.15) is 5.26 Å². The van der Waals surface area contributed by atoms with Crippen LogP contribution in [0, 0.1) is 21.4 Å².